The molecule has 0 bridgehead atoms. The maximum absolute atomic E-state index is 12.5. The van der Waals surface area contributed by atoms with Crippen molar-refractivity contribution in [3.8, 4) is 5.75 Å². The lowest BCUT2D eigenvalue weighted by Crippen LogP contribution is -2.22. The third kappa shape index (κ3) is 4.36. The number of halogens is 1. The molecule has 1 aromatic carbocycles. The Labute approximate surface area is 183 Å². The summed E-state index contributed by atoms with van der Waals surface area (Å²) in [5.41, 5.74) is 1.72. The van der Waals surface area contributed by atoms with E-state index in [0.717, 1.165) is 33.6 Å². The molecule has 8 heteroatoms. The first-order valence-electron chi connectivity index (χ1n) is 9.85. The molecule has 0 saturated heterocycles. The Bertz CT molecular complexity index is 997. The highest BCUT2D eigenvalue weighted by molar-refractivity contribution is 14.1. The number of benzene rings is 1. The molecule has 0 spiro atoms. The van der Waals surface area contributed by atoms with Crippen molar-refractivity contribution in [1.82, 2.24) is 20.0 Å². The van der Waals surface area contributed by atoms with Crippen LogP contribution in [0.4, 0.5) is 5.69 Å². The maximum atomic E-state index is 12.5. The normalized spacial score (nSPS) is 20.4. The summed E-state index contributed by atoms with van der Waals surface area (Å²) in [7, 11) is 1.59. The fourth-order valence-electron chi connectivity index (χ4n) is 3.96. The minimum Gasteiger partial charge on any atom is -0.494 e. The number of nitrogens with one attached hydrogen (secondary N) is 1. The Kier molecular flexibility index (Phi) is 5.98. The van der Waals surface area contributed by atoms with Crippen LogP contribution in [0.3, 0.4) is 0 Å². The second-order valence-electron chi connectivity index (χ2n) is 7.53. The lowest BCUT2D eigenvalue weighted by atomic mass is 9.84. The summed E-state index contributed by atoms with van der Waals surface area (Å²) in [5, 5.41) is 16.3. The Balaban J connectivity index is 1.57. The third-order valence-electron chi connectivity index (χ3n) is 5.66. The van der Waals surface area contributed by atoms with E-state index in [-0.39, 0.29) is 11.6 Å². The van der Waals surface area contributed by atoms with Crippen LogP contribution in [0.25, 0.3) is 10.9 Å². The number of carbonyl (C=O) groups is 1. The average Bonchev–Trinajstić information content (AvgIpc) is 3.16. The lowest BCUT2D eigenvalue weighted by Gasteiger charge is -2.30. The topological polar surface area (TPSA) is 81.9 Å². The van der Waals surface area contributed by atoms with Crippen molar-refractivity contribution in [3.05, 3.63) is 42.4 Å². The number of alkyl halides is 1. The molecule has 2 heterocycles. The van der Waals surface area contributed by atoms with Crippen LogP contribution in [-0.2, 0) is 0 Å². The molecule has 1 atom stereocenters. The second-order valence-corrected chi connectivity index (χ2v) is 9.49. The van der Waals surface area contributed by atoms with Crippen molar-refractivity contribution in [2.24, 2.45) is 5.92 Å². The molecule has 1 N–H and O–H groups in total. The number of nitrogens with zero attached hydrogens (tertiary/aromatic N) is 4. The number of hydrogen-bond acceptors (Lipinski definition) is 5. The minimum atomic E-state index is -0.325. The number of aromatic nitrogens is 4. The van der Waals surface area contributed by atoms with E-state index in [0.29, 0.717) is 17.5 Å². The van der Waals surface area contributed by atoms with Crippen molar-refractivity contribution >= 4 is 45.1 Å². The summed E-state index contributed by atoms with van der Waals surface area (Å²) in [5.74, 6) is 1.05. The van der Waals surface area contributed by atoms with Crippen LogP contribution in [0, 0.1) is 5.92 Å². The van der Waals surface area contributed by atoms with E-state index >= 15 is 0 Å². The molecule has 1 fully saturated rings. The van der Waals surface area contributed by atoms with Crippen molar-refractivity contribution in [1.29, 1.82) is 0 Å². The highest BCUT2D eigenvalue weighted by Crippen LogP contribution is 2.37. The number of rotatable bonds is 5. The van der Waals surface area contributed by atoms with Gasteiger partial charge in [0, 0.05) is 27.8 Å². The van der Waals surface area contributed by atoms with Gasteiger partial charge >= 0.3 is 0 Å². The van der Waals surface area contributed by atoms with Gasteiger partial charge in [0.15, 0.2) is 5.69 Å². The van der Waals surface area contributed by atoms with Gasteiger partial charge in [-0.1, -0.05) is 29.5 Å². The zero-order valence-corrected chi connectivity index (χ0v) is 18.7. The molecule has 1 saturated carbocycles. The molecule has 1 amide bonds. The summed E-state index contributed by atoms with van der Waals surface area (Å²) < 4.78 is 8.29. The second kappa shape index (κ2) is 8.64. The highest BCUT2D eigenvalue weighted by Gasteiger charge is 2.25. The molecule has 3 aromatic rings. The summed E-state index contributed by atoms with van der Waals surface area (Å²) >= 11 is 2.54. The van der Waals surface area contributed by atoms with Crippen molar-refractivity contribution in [2.45, 2.75) is 42.6 Å². The first kappa shape index (κ1) is 20.1. The van der Waals surface area contributed by atoms with Crippen LogP contribution in [0.2, 0.25) is 0 Å². The quantitative estimate of drug-likeness (QED) is 0.404. The summed E-state index contributed by atoms with van der Waals surface area (Å²) in [6.07, 6.45) is 8.40. The molecule has 0 aliphatic heterocycles. The Morgan fingerprint density at radius 3 is 2.76 bits per heavy atom. The van der Waals surface area contributed by atoms with E-state index < -0.39 is 0 Å². The van der Waals surface area contributed by atoms with Crippen LogP contribution in [-0.4, -0.2) is 36.9 Å². The smallest absolute Gasteiger partial charge is 0.276 e. The molecule has 7 nitrogen and oxygen atoms in total. The molecular formula is C21H24IN5O2. The monoisotopic (exact) mass is 505 g/mol. The predicted molar refractivity (Wildman–Crippen MR) is 121 cm³/mol. The number of methoxy groups -OCH3 is 1. The van der Waals surface area contributed by atoms with Crippen molar-refractivity contribution in [2.75, 3.05) is 12.4 Å². The van der Waals surface area contributed by atoms with E-state index in [4.69, 9.17) is 9.84 Å². The SMILES string of the molecule is COc1cc2nn([C@H]3CC[C@H](C(C)I)CC3)cc2cc1NC(=O)c1cccnn1. The van der Waals surface area contributed by atoms with E-state index in [1.807, 2.05) is 12.1 Å². The molecule has 152 valence electrons. The van der Waals surface area contributed by atoms with Gasteiger partial charge in [-0.2, -0.15) is 10.2 Å². The van der Waals surface area contributed by atoms with Crippen LogP contribution in [0.1, 0.15) is 49.1 Å². The Morgan fingerprint density at radius 1 is 1.31 bits per heavy atom. The maximum Gasteiger partial charge on any atom is 0.276 e. The van der Waals surface area contributed by atoms with Gasteiger partial charge in [-0.3, -0.25) is 9.48 Å². The average molecular weight is 505 g/mol. The minimum absolute atomic E-state index is 0.256. The van der Waals surface area contributed by atoms with Crippen LogP contribution < -0.4 is 10.1 Å². The summed E-state index contributed by atoms with van der Waals surface area (Å²) in [4.78, 5) is 12.5. The number of fused-ring (bicyclic) bond motifs is 1. The number of carbonyl (C=O) groups excluding carboxylic acids is 1. The van der Waals surface area contributed by atoms with Gasteiger partial charge in [0.25, 0.3) is 5.91 Å². The van der Waals surface area contributed by atoms with Crippen LogP contribution >= 0.6 is 22.6 Å². The fraction of sp³-hybridized carbons (Fsp3) is 0.429. The number of amides is 1. The van der Waals surface area contributed by atoms with Gasteiger partial charge in [0.05, 0.1) is 24.4 Å². The molecule has 29 heavy (non-hydrogen) atoms. The van der Waals surface area contributed by atoms with E-state index in [9.17, 15) is 4.79 Å². The third-order valence-corrected chi connectivity index (χ3v) is 6.68. The van der Waals surface area contributed by atoms with Gasteiger partial charge < -0.3 is 10.1 Å². The van der Waals surface area contributed by atoms with Crippen LogP contribution in [0.5, 0.6) is 5.75 Å². The van der Waals surface area contributed by atoms with Gasteiger partial charge in [-0.05, 0) is 49.8 Å². The van der Waals surface area contributed by atoms with Crippen molar-refractivity contribution in [3.63, 3.8) is 0 Å². The molecular weight excluding hydrogens is 481 g/mol. The Morgan fingerprint density at radius 2 is 2.10 bits per heavy atom. The molecule has 1 aliphatic carbocycles. The summed E-state index contributed by atoms with van der Waals surface area (Å²) in [6, 6.07) is 7.51. The number of hydrogen-bond donors (Lipinski definition) is 1. The van der Waals surface area contributed by atoms with E-state index in [2.05, 4.69) is 55.9 Å². The van der Waals surface area contributed by atoms with Gasteiger partial charge in [-0.25, -0.2) is 0 Å². The summed E-state index contributed by atoms with van der Waals surface area (Å²) in [6.45, 7) is 2.30. The molecule has 1 unspecified atom stereocenters. The van der Waals surface area contributed by atoms with Crippen molar-refractivity contribution < 1.29 is 9.53 Å². The standard InChI is InChI=1S/C21H24IN5O2/c1-13(22)14-5-7-16(8-6-14)27-12-15-10-19(20(29-2)11-18(15)26-27)24-21(28)17-4-3-9-23-25-17/h3-4,9-14,16H,5-8H2,1-2H3,(H,24,28)/t13?,14-,16-. The molecule has 0 radical (unpaired) electrons. The molecule has 2 aromatic heterocycles. The largest absolute Gasteiger partial charge is 0.494 e. The molecule has 4 rings (SSSR count). The number of ether oxygens (including phenoxy) is 1. The predicted octanol–water partition coefficient (Wildman–Crippen LogP) is 4.64. The first-order chi connectivity index (χ1) is 14.0. The highest BCUT2D eigenvalue weighted by atomic mass is 127. The zero-order chi connectivity index (χ0) is 20.4. The first-order valence-corrected chi connectivity index (χ1v) is 11.1. The van der Waals surface area contributed by atoms with E-state index in [1.165, 1.54) is 19.0 Å². The van der Waals surface area contributed by atoms with Gasteiger partial charge in [-0.15, -0.1) is 5.10 Å². The molecule has 1 aliphatic rings. The fourth-order valence-corrected chi connectivity index (χ4v) is 4.68. The lowest BCUT2D eigenvalue weighted by molar-refractivity contribution is 0.102. The van der Waals surface area contributed by atoms with Crippen LogP contribution in [0.15, 0.2) is 36.7 Å². The van der Waals surface area contributed by atoms with Gasteiger partial charge in [0.1, 0.15) is 5.75 Å². The number of anilines is 1. The Hall–Kier alpha value is -2.23. The van der Waals surface area contributed by atoms with Gasteiger partial charge in [0.2, 0.25) is 0 Å². The van der Waals surface area contributed by atoms with E-state index in [1.54, 1.807) is 19.2 Å². The zero-order valence-electron chi connectivity index (χ0n) is 16.5.